The maximum Gasteiger partial charge on any atom is 0.0925 e. The molecule has 1 aromatic heterocycles. The highest BCUT2D eigenvalue weighted by Gasteiger charge is 2.26. The quantitative estimate of drug-likeness (QED) is 0.778. The van der Waals surface area contributed by atoms with Crippen LogP contribution in [0.25, 0.3) is 0 Å². The lowest BCUT2D eigenvalue weighted by Gasteiger charge is -2.29. The number of H-pyrrole nitrogens is 1. The van der Waals surface area contributed by atoms with E-state index in [1.54, 1.807) is 0 Å². The third-order valence-electron chi connectivity index (χ3n) is 3.96. The fraction of sp³-hybridized carbons (Fsp3) is 0.750. The van der Waals surface area contributed by atoms with Gasteiger partial charge in [-0.05, 0) is 26.3 Å². The zero-order valence-electron chi connectivity index (χ0n) is 9.87. The molecule has 1 aromatic rings. The van der Waals surface area contributed by atoms with Crippen molar-refractivity contribution in [2.75, 3.05) is 13.1 Å². The minimum absolute atomic E-state index is 0.580. The molecule has 0 spiro atoms. The number of hydrogen-bond acceptors (Lipinski definition) is 3. The Morgan fingerprint density at radius 3 is 3.31 bits per heavy atom. The molecule has 2 N–H and O–H groups in total. The fourth-order valence-corrected chi connectivity index (χ4v) is 2.91. The summed E-state index contributed by atoms with van der Waals surface area (Å²) < 4.78 is 0. The van der Waals surface area contributed by atoms with Crippen LogP contribution in [-0.2, 0) is 13.0 Å². The van der Waals surface area contributed by atoms with Gasteiger partial charge in [-0.3, -0.25) is 4.90 Å². The summed E-state index contributed by atoms with van der Waals surface area (Å²) in [5.74, 6) is 0. The minimum Gasteiger partial charge on any atom is -0.347 e. The summed E-state index contributed by atoms with van der Waals surface area (Å²) in [7, 11) is 0. The predicted molar refractivity (Wildman–Crippen MR) is 63.2 cm³/mol. The first-order valence-corrected chi connectivity index (χ1v) is 6.31. The Morgan fingerprint density at radius 1 is 1.56 bits per heavy atom. The van der Waals surface area contributed by atoms with Crippen molar-refractivity contribution in [3.05, 3.63) is 17.7 Å². The van der Waals surface area contributed by atoms with Crippen molar-refractivity contribution in [1.29, 1.82) is 0 Å². The second kappa shape index (κ2) is 4.18. The van der Waals surface area contributed by atoms with Gasteiger partial charge in [0.2, 0.25) is 0 Å². The van der Waals surface area contributed by atoms with Gasteiger partial charge in [0.25, 0.3) is 0 Å². The topological polar surface area (TPSA) is 44.0 Å². The molecule has 0 aromatic carbocycles. The number of nitrogens with one attached hydrogen (secondary N) is 2. The molecule has 3 heterocycles. The molecule has 1 saturated heterocycles. The van der Waals surface area contributed by atoms with Gasteiger partial charge in [0.1, 0.15) is 0 Å². The zero-order valence-corrected chi connectivity index (χ0v) is 9.87. The lowest BCUT2D eigenvalue weighted by Crippen LogP contribution is -2.45. The summed E-state index contributed by atoms with van der Waals surface area (Å²) in [6.07, 6.45) is 5.61. The van der Waals surface area contributed by atoms with Crippen LogP contribution in [0.2, 0.25) is 0 Å². The summed E-state index contributed by atoms with van der Waals surface area (Å²) in [6.45, 7) is 5.73. The largest absolute Gasteiger partial charge is 0.347 e. The molecule has 4 heteroatoms. The molecule has 4 nitrogen and oxygen atoms in total. The molecule has 88 valence electrons. The van der Waals surface area contributed by atoms with Gasteiger partial charge < -0.3 is 10.3 Å². The maximum atomic E-state index is 4.39. The molecule has 2 aliphatic heterocycles. The number of likely N-dealkylation sites (tertiary alicyclic amines) is 1. The first kappa shape index (κ1) is 10.3. The fourth-order valence-electron chi connectivity index (χ4n) is 2.91. The average Bonchev–Trinajstić information content (AvgIpc) is 2.88. The van der Waals surface area contributed by atoms with Gasteiger partial charge in [-0.1, -0.05) is 0 Å². The monoisotopic (exact) mass is 220 g/mol. The van der Waals surface area contributed by atoms with E-state index >= 15 is 0 Å². The van der Waals surface area contributed by atoms with Gasteiger partial charge in [0, 0.05) is 31.6 Å². The summed E-state index contributed by atoms with van der Waals surface area (Å²) in [6, 6.07) is 1.35. The van der Waals surface area contributed by atoms with Crippen LogP contribution in [0.4, 0.5) is 0 Å². The first-order chi connectivity index (χ1) is 7.83. The lowest BCUT2D eigenvalue weighted by molar-refractivity contribution is 0.230. The summed E-state index contributed by atoms with van der Waals surface area (Å²) in [5, 5.41) is 3.60. The van der Waals surface area contributed by atoms with Gasteiger partial charge in [-0.25, -0.2) is 4.98 Å². The molecule has 2 unspecified atom stereocenters. The van der Waals surface area contributed by atoms with Gasteiger partial charge in [-0.15, -0.1) is 0 Å². The van der Waals surface area contributed by atoms with Crippen LogP contribution in [0, 0.1) is 0 Å². The number of rotatable bonds is 2. The molecule has 0 saturated carbocycles. The van der Waals surface area contributed by atoms with E-state index in [1.807, 2.05) is 6.33 Å². The second-order valence-electron chi connectivity index (χ2n) is 5.10. The Hall–Kier alpha value is -0.870. The average molecular weight is 220 g/mol. The van der Waals surface area contributed by atoms with Crippen LogP contribution >= 0.6 is 0 Å². The van der Waals surface area contributed by atoms with Crippen LogP contribution < -0.4 is 5.32 Å². The molecular weight excluding hydrogens is 200 g/mol. The lowest BCUT2D eigenvalue weighted by atomic mass is 10.0. The van der Waals surface area contributed by atoms with Gasteiger partial charge in [0.15, 0.2) is 0 Å². The summed E-state index contributed by atoms with van der Waals surface area (Å²) in [5.41, 5.74) is 2.53. The van der Waals surface area contributed by atoms with E-state index in [4.69, 9.17) is 0 Å². The molecule has 3 rings (SSSR count). The van der Waals surface area contributed by atoms with Crippen LogP contribution in [-0.4, -0.2) is 40.0 Å². The Balaban J connectivity index is 1.61. The van der Waals surface area contributed by atoms with E-state index in [-0.39, 0.29) is 0 Å². The number of aromatic amines is 1. The third-order valence-corrected chi connectivity index (χ3v) is 3.96. The Labute approximate surface area is 96.4 Å². The molecule has 0 amide bonds. The van der Waals surface area contributed by atoms with Gasteiger partial charge in [0.05, 0.1) is 17.7 Å². The van der Waals surface area contributed by atoms with E-state index in [0.717, 1.165) is 19.0 Å². The number of fused-ring (bicyclic) bond motifs is 1. The smallest absolute Gasteiger partial charge is 0.0925 e. The summed E-state index contributed by atoms with van der Waals surface area (Å²) in [4.78, 5) is 10.2. The minimum atomic E-state index is 0.580. The Kier molecular flexibility index (Phi) is 2.69. The first-order valence-electron chi connectivity index (χ1n) is 6.31. The van der Waals surface area contributed by atoms with E-state index in [0.29, 0.717) is 6.04 Å². The number of imidazole rings is 1. The van der Waals surface area contributed by atoms with E-state index < -0.39 is 0 Å². The normalized spacial score (nSPS) is 30.6. The molecule has 0 radical (unpaired) electrons. The Bertz CT molecular complexity index is 360. The molecule has 2 aliphatic rings. The highest BCUT2D eigenvalue weighted by molar-refractivity contribution is 5.16. The van der Waals surface area contributed by atoms with Crippen molar-refractivity contribution in [3.8, 4) is 0 Å². The molecule has 16 heavy (non-hydrogen) atoms. The van der Waals surface area contributed by atoms with Crippen molar-refractivity contribution < 1.29 is 0 Å². The molecular formula is C12H20N4. The molecule has 0 aliphatic carbocycles. The van der Waals surface area contributed by atoms with Crippen molar-refractivity contribution in [2.24, 2.45) is 0 Å². The van der Waals surface area contributed by atoms with E-state index in [1.165, 1.54) is 37.3 Å². The number of aromatic nitrogens is 2. The van der Waals surface area contributed by atoms with Crippen molar-refractivity contribution >= 4 is 0 Å². The number of nitrogens with zero attached hydrogens (tertiary/aromatic N) is 2. The van der Waals surface area contributed by atoms with Crippen molar-refractivity contribution in [3.63, 3.8) is 0 Å². The highest BCUT2D eigenvalue weighted by Crippen LogP contribution is 2.19. The third kappa shape index (κ3) is 1.87. The molecule has 0 bridgehead atoms. The molecule has 2 atom stereocenters. The zero-order chi connectivity index (χ0) is 11.0. The van der Waals surface area contributed by atoms with Crippen molar-refractivity contribution in [1.82, 2.24) is 20.2 Å². The number of hydrogen-bond donors (Lipinski definition) is 2. The molecule has 1 fully saturated rings. The van der Waals surface area contributed by atoms with Gasteiger partial charge >= 0.3 is 0 Å². The van der Waals surface area contributed by atoms with E-state index in [2.05, 4.69) is 27.1 Å². The van der Waals surface area contributed by atoms with Crippen LogP contribution in [0.15, 0.2) is 6.33 Å². The van der Waals surface area contributed by atoms with Crippen molar-refractivity contribution in [2.45, 2.75) is 44.8 Å². The van der Waals surface area contributed by atoms with Gasteiger partial charge in [-0.2, -0.15) is 0 Å². The second-order valence-corrected chi connectivity index (χ2v) is 5.10. The maximum absolute atomic E-state index is 4.39. The summed E-state index contributed by atoms with van der Waals surface area (Å²) >= 11 is 0. The predicted octanol–water partition coefficient (Wildman–Crippen LogP) is 0.908. The van der Waals surface area contributed by atoms with Crippen LogP contribution in [0.1, 0.15) is 31.2 Å². The Morgan fingerprint density at radius 2 is 2.50 bits per heavy atom. The van der Waals surface area contributed by atoms with Crippen LogP contribution in [0.3, 0.4) is 0 Å². The highest BCUT2D eigenvalue weighted by atomic mass is 15.2. The van der Waals surface area contributed by atoms with Crippen LogP contribution in [0.5, 0.6) is 0 Å². The SMILES string of the molecule is CC1CCCN1CC1Cc2nc[nH]c2CN1. The standard InChI is InChI=1S/C12H20N4/c1-9-3-2-4-16(9)7-10-5-11-12(6-13-10)15-8-14-11/h8-10,13H,2-7H2,1H3,(H,14,15). The van der Waals surface area contributed by atoms with E-state index in [9.17, 15) is 0 Å².